The van der Waals surface area contributed by atoms with Crippen molar-refractivity contribution in [1.82, 2.24) is 4.98 Å². The zero-order valence-corrected chi connectivity index (χ0v) is 9.44. The third-order valence-corrected chi connectivity index (χ3v) is 2.40. The fraction of sp³-hybridized carbons (Fsp3) is 0.444. The Kier molecular flexibility index (Phi) is 3.80. The highest BCUT2D eigenvalue weighted by Crippen LogP contribution is 2.32. The van der Waals surface area contributed by atoms with Crippen molar-refractivity contribution in [1.29, 1.82) is 0 Å². The summed E-state index contributed by atoms with van der Waals surface area (Å²) in [6.07, 6.45) is -2.56. The molecule has 0 aromatic carbocycles. The van der Waals surface area contributed by atoms with Gasteiger partial charge in [0.05, 0.1) is 12.7 Å². The monoisotopic (exact) mass is 265 g/mol. The number of halogens is 3. The molecule has 5 heteroatoms. The lowest BCUT2D eigenvalue weighted by Gasteiger charge is -2.11. The average Bonchev–Trinajstić information content (AvgIpc) is 2.15. The number of alkyl halides is 3. The standard InChI is InChI=1S/C9H10BrF2NO/c1-5-3-6(4-10)7(8(11)12)9(13-5)14-2/h3,8H,4H2,1-2H3. The molecule has 0 saturated carbocycles. The molecule has 0 unspecified atom stereocenters. The molecule has 0 aliphatic heterocycles. The van der Waals surface area contributed by atoms with E-state index in [0.717, 1.165) is 0 Å². The van der Waals surface area contributed by atoms with Crippen molar-refractivity contribution in [3.05, 3.63) is 22.9 Å². The molecule has 0 radical (unpaired) electrons. The Bertz CT molecular complexity index is 306. The van der Waals surface area contributed by atoms with Crippen molar-refractivity contribution in [2.75, 3.05) is 7.11 Å². The third-order valence-electron chi connectivity index (χ3n) is 1.79. The lowest BCUT2D eigenvalue weighted by molar-refractivity contribution is 0.145. The Balaban J connectivity index is 3.33. The lowest BCUT2D eigenvalue weighted by Crippen LogP contribution is -2.01. The van der Waals surface area contributed by atoms with Crippen LogP contribution in [0.2, 0.25) is 0 Å². The molecule has 0 aliphatic carbocycles. The van der Waals surface area contributed by atoms with E-state index in [-0.39, 0.29) is 11.4 Å². The molecule has 2 nitrogen and oxygen atoms in total. The minimum absolute atomic E-state index is 0.00875. The third kappa shape index (κ3) is 2.20. The summed E-state index contributed by atoms with van der Waals surface area (Å²) >= 11 is 3.16. The van der Waals surface area contributed by atoms with Crippen LogP contribution in [0.5, 0.6) is 5.88 Å². The van der Waals surface area contributed by atoms with Crippen LogP contribution in [0.1, 0.15) is 23.2 Å². The Labute approximate surface area is 89.4 Å². The van der Waals surface area contributed by atoms with Gasteiger partial charge in [0.2, 0.25) is 5.88 Å². The molecule has 1 heterocycles. The van der Waals surface area contributed by atoms with Crippen LogP contribution in [-0.2, 0) is 5.33 Å². The van der Waals surface area contributed by atoms with Crippen molar-refractivity contribution in [2.45, 2.75) is 18.7 Å². The van der Waals surface area contributed by atoms with E-state index < -0.39 is 6.43 Å². The Morgan fingerprint density at radius 3 is 2.64 bits per heavy atom. The summed E-state index contributed by atoms with van der Waals surface area (Å²) in [5.41, 5.74) is 1.06. The molecular formula is C9H10BrF2NO. The molecule has 0 N–H and O–H groups in total. The van der Waals surface area contributed by atoms with Gasteiger partial charge in [0.25, 0.3) is 6.43 Å². The van der Waals surface area contributed by atoms with Gasteiger partial charge < -0.3 is 4.74 Å². The van der Waals surface area contributed by atoms with E-state index >= 15 is 0 Å². The zero-order chi connectivity index (χ0) is 10.7. The zero-order valence-electron chi connectivity index (χ0n) is 7.85. The summed E-state index contributed by atoms with van der Waals surface area (Å²) < 4.78 is 30.1. The van der Waals surface area contributed by atoms with E-state index in [9.17, 15) is 8.78 Å². The molecule has 1 aromatic heterocycles. The second-order valence-corrected chi connectivity index (χ2v) is 3.34. The first-order valence-electron chi connectivity index (χ1n) is 3.98. The van der Waals surface area contributed by atoms with Gasteiger partial charge in [0.15, 0.2) is 0 Å². The summed E-state index contributed by atoms with van der Waals surface area (Å²) in [6.45, 7) is 1.74. The molecule has 0 aliphatic rings. The maximum atomic E-state index is 12.7. The Hall–Kier alpha value is -0.710. The number of ether oxygens (including phenoxy) is 1. The summed E-state index contributed by atoms with van der Waals surface area (Å²) in [5.74, 6) is 0.00875. The molecule has 14 heavy (non-hydrogen) atoms. The highest BCUT2D eigenvalue weighted by atomic mass is 79.9. The van der Waals surface area contributed by atoms with Gasteiger partial charge in [-0.05, 0) is 18.6 Å². The number of rotatable bonds is 3. The molecular weight excluding hydrogens is 256 g/mol. The fourth-order valence-electron chi connectivity index (χ4n) is 1.22. The molecule has 78 valence electrons. The summed E-state index contributed by atoms with van der Waals surface area (Å²) in [4.78, 5) is 3.90. The smallest absolute Gasteiger partial charge is 0.269 e. The molecule has 0 spiro atoms. The average molecular weight is 266 g/mol. The predicted molar refractivity (Wildman–Crippen MR) is 53.1 cm³/mol. The highest BCUT2D eigenvalue weighted by Gasteiger charge is 2.20. The molecule has 0 fully saturated rings. The van der Waals surface area contributed by atoms with Crippen molar-refractivity contribution >= 4 is 15.9 Å². The number of methoxy groups -OCH3 is 1. The van der Waals surface area contributed by atoms with Gasteiger partial charge in [-0.1, -0.05) is 15.9 Å². The van der Waals surface area contributed by atoms with Crippen LogP contribution in [0, 0.1) is 6.92 Å². The van der Waals surface area contributed by atoms with Gasteiger partial charge in [-0.2, -0.15) is 0 Å². The Morgan fingerprint density at radius 2 is 2.21 bits per heavy atom. The van der Waals surface area contributed by atoms with Crippen LogP contribution < -0.4 is 4.74 Å². The van der Waals surface area contributed by atoms with Crippen LogP contribution in [-0.4, -0.2) is 12.1 Å². The molecule has 0 amide bonds. The van der Waals surface area contributed by atoms with E-state index in [0.29, 0.717) is 16.6 Å². The first-order valence-corrected chi connectivity index (χ1v) is 5.10. The number of aromatic nitrogens is 1. The molecule has 0 bridgehead atoms. The van der Waals surface area contributed by atoms with Crippen LogP contribution in [0.4, 0.5) is 8.78 Å². The highest BCUT2D eigenvalue weighted by molar-refractivity contribution is 9.08. The van der Waals surface area contributed by atoms with Gasteiger partial charge >= 0.3 is 0 Å². The van der Waals surface area contributed by atoms with Gasteiger partial charge in [-0.3, -0.25) is 0 Å². The first kappa shape index (κ1) is 11.4. The van der Waals surface area contributed by atoms with Crippen molar-refractivity contribution in [3.63, 3.8) is 0 Å². The van der Waals surface area contributed by atoms with Crippen molar-refractivity contribution in [2.24, 2.45) is 0 Å². The maximum Gasteiger partial charge on any atom is 0.269 e. The molecule has 0 atom stereocenters. The van der Waals surface area contributed by atoms with E-state index in [4.69, 9.17) is 4.74 Å². The molecule has 0 saturated heterocycles. The van der Waals surface area contributed by atoms with Gasteiger partial charge in [-0.15, -0.1) is 0 Å². The van der Waals surface area contributed by atoms with E-state index in [2.05, 4.69) is 20.9 Å². The van der Waals surface area contributed by atoms with Gasteiger partial charge in [0, 0.05) is 11.0 Å². The summed E-state index contributed by atoms with van der Waals surface area (Å²) in [6, 6.07) is 1.62. The number of hydrogen-bond acceptors (Lipinski definition) is 2. The predicted octanol–water partition coefficient (Wildman–Crippen LogP) is 3.23. The van der Waals surface area contributed by atoms with E-state index in [1.54, 1.807) is 13.0 Å². The minimum atomic E-state index is -2.56. The maximum absolute atomic E-state index is 12.7. The van der Waals surface area contributed by atoms with Gasteiger partial charge in [0.1, 0.15) is 0 Å². The normalized spacial score (nSPS) is 10.7. The van der Waals surface area contributed by atoms with Crippen LogP contribution in [0.15, 0.2) is 6.07 Å². The largest absolute Gasteiger partial charge is 0.481 e. The molecule has 1 aromatic rings. The molecule has 1 rings (SSSR count). The van der Waals surface area contributed by atoms with Crippen LogP contribution in [0.3, 0.4) is 0 Å². The minimum Gasteiger partial charge on any atom is -0.481 e. The van der Waals surface area contributed by atoms with E-state index in [1.165, 1.54) is 7.11 Å². The van der Waals surface area contributed by atoms with Crippen molar-refractivity contribution in [3.8, 4) is 5.88 Å². The Morgan fingerprint density at radius 1 is 1.57 bits per heavy atom. The SMILES string of the molecule is COc1nc(C)cc(CBr)c1C(F)F. The number of aryl methyl sites for hydroxylation is 1. The number of hydrogen-bond donors (Lipinski definition) is 0. The lowest BCUT2D eigenvalue weighted by atomic mass is 10.1. The van der Waals surface area contributed by atoms with Gasteiger partial charge in [-0.25, -0.2) is 13.8 Å². The van der Waals surface area contributed by atoms with E-state index in [1.807, 2.05) is 0 Å². The fourth-order valence-corrected chi connectivity index (χ4v) is 1.68. The first-order chi connectivity index (χ1) is 6.60. The topological polar surface area (TPSA) is 22.1 Å². The van der Waals surface area contributed by atoms with Crippen LogP contribution in [0.25, 0.3) is 0 Å². The second kappa shape index (κ2) is 4.68. The second-order valence-electron chi connectivity index (χ2n) is 2.78. The van der Waals surface area contributed by atoms with Crippen molar-refractivity contribution < 1.29 is 13.5 Å². The van der Waals surface area contributed by atoms with Crippen LogP contribution >= 0.6 is 15.9 Å². The summed E-state index contributed by atoms with van der Waals surface area (Å²) in [7, 11) is 1.34. The number of pyridine rings is 1. The quantitative estimate of drug-likeness (QED) is 0.783. The number of nitrogens with zero attached hydrogens (tertiary/aromatic N) is 1. The summed E-state index contributed by atoms with van der Waals surface area (Å²) in [5, 5.41) is 0.367.